The minimum atomic E-state index is -4.05. The molecule has 3 aromatic rings. The van der Waals surface area contributed by atoms with E-state index in [1.807, 2.05) is 26.0 Å². The molecule has 2 N–H and O–H groups in total. The maximum Gasteiger partial charge on any atom is 0.264 e. The molecule has 1 heterocycles. The summed E-state index contributed by atoms with van der Waals surface area (Å²) >= 11 is 0. The van der Waals surface area contributed by atoms with Crippen LogP contribution < -0.4 is 9.46 Å². The Morgan fingerprint density at radius 1 is 1.06 bits per heavy atom. The van der Waals surface area contributed by atoms with Crippen molar-refractivity contribution in [3.8, 4) is 11.5 Å². The van der Waals surface area contributed by atoms with E-state index in [9.17, 15) is 17.9 Å². The molecule has 0 aromatic heterocycles. The van der Waals surface area contributed by atoms with Gasteiger partial charge in [-0.1, -0.05) is 12.1 Å². The molecule has 0 aliphatic carbocycles. The van der Waals surface area contributed by atoms with E-state index in [1.54, 1.807) is 24.3 Å². The Labute approximate surface area is 185 Å². The van der Waals surface area contributed by atoms with Gasteiger partial charge in [0.1, 0.15) is 27.8 Å². The second-order valence-electron chi connectivity index (χ2n) is 7.80. The lowest BCUT2D eigenvalue weighted by Crippen LogP contribution is -2.27. The summed E-state index contributed by atoms with van der Waals surface area (Å²) in [6.45, 7) is 3.86. The number of benzene rings is 3. The molecule has 164 valence electrons. The quantitative estimate of drug-likeness (QED) is 0.517. The van der Waals surface area contributed by atoms with Crippen LogP contribution in [0, 0.1) is 5.82 Å². The largest absolute Gasteiger partial charge is 0.506 e. The van der Waals surface area contributed by atoms with E-state index in [0.29, 0.717) is 22.6 Å². The second-order valence-corrected chi connectivity index (χ2v) is 9.45. The van der Waals surface area contributed by atoms with Gasteiger partial charge in [0.2, 0.25) is 0 Å². The molecule has 6 nitrogen and oxygen atoms in total. The smallest absolute Gasteiger partial charge is 0.264 e. The molecule has 0 spiro atoms. The number of halogens is 1. The first-order valence-corrected chi connectivity index (χ1v) is 11.3. The van der Waals surface area contributed by atoms with E-state index in [1.165, 1.54) is 36.5 Å². The van der Waals surface area contributed by atoms with Crippen molar-refractivity contribution >= 4 is 33.7 Å². The normalized spacial score (nSPS) is 14.7. The number of fused-ring (bicyclic) bond motifs is 1. The lowest BCUT2D eigenvalue weighted by atomic mass is 10.00. The van der Waals surface area contributed by atoms with Crippen LogP contribution in [0.5, 0.6) is 11.5 Å². The van der Waals surface area contributed by atoms with Gasteiger partial charge in [-0.2, -0.15) is 0 Å². The Morgan fingerprint density at radius 3 is 2.50 bits per heavy atom. The molecule has 0 bridgehead atoms. The molecule has 3 aromatic carbocycles. The van der Waals surface area contributed by atoms with Gasteiger partial charge >= 0.3 is 0 Å². The Bertz CT molecular complexity index is 1330. The number of hydrogen-bond acceptors (Lipinski definition) is 5. The molecule has 0 radical (unpaired) electrons. The minimum absolute atomic E-state index is 0.0623. The maximum absolute atomic E-state index is 13.8. The van der Waals surface area contributed by atoms with E-state index in [4.69, 9.17) is 4.74 Å². The average molecular weight is 453 g/mol. The summed E-state index contributed by atoms with van der Waals surface area (Å²) in [7, 11) is -4.05. The van der Waals surface area contributed by atoms with Crippen LogP contribution >= 0.6 is 0 Å². The Kier molecular flexibility index (Phi) is 5.48. The summed E-state index contributed by atoms with van der Waals surface area (Å²) in [4.78, 5) is 3.91. The molecule has 1 aliphatic rings. The Balaban J connectivity index is 1.51. The van der Waals surface area contributed by atoms with Gasteiger partial charge in [-0.15, -0.1) is 0 Å². The van der Waals surface area contributed by atoms with Crippen molar-refractivity contribution in [1.82, 2.24) is 0 Å². The van der Waals surface area contributed by atoms with Crippen LogP contribution in [0.15, 0.2) is 76.6 Å². The number of nitrogens with zero attached hydrogens (tertiary/aromatic N) is 1. The van der Waals surface area contributed by atoms with Crippen molar-refractivity contribution in [1.29, 1.82) is 0 Å². The second kappa shape index (κ2) is 8.12. The zero-order chi connectivity index (χ0) is 22.9. The SMILES string of the molecule is CC1(C)C=Cc2c(ccc(/C=N/c3ccc(NS(=O)(=O)c4ccccc4F)cc3)c2O)O1. The number of phenolic OH excluding ortho intramolecular Hbond substituents is 1. The van der Waals surface area contributed by atoms with Crippen molar-refractivity contribution in [2.45, 2.75) is 24.3 Å². The molecule has 4 rings (SSSR count). The number of hydrogen-bond donors (Lipinski definition) is 2. The molecule has 32 heavy (non-hydrogen) atoms. The van der Waals surface area contributed by atoms with Gasteiger partial charge in [-0.05, 0) is 74.5 Å². The van der Waals surface area contributed by atoms with Crippen molar-refractivity contribution < 1.29 is 22.7 Å². The highest BCUT2D eigenvalue weighted by Gasteiger charge is 2.24. The first-order chi connectivity index (χ1) is 15.1. The van der Waals surface area contributed by atoms with Gasteiger partial charge in [0.05, 0.1) is 11.3 Å². The fraction of sp³-hybridized carbons (Fsp3) is 0.125. The fourth-order valence-corrected chi connectivity index (χ4v) is 4.33. The third kappa shape index (κ3) is 4.50. The van der Waals surface area contributed by atoms with Gasteiger partial charge in [-0.25, -0.2) is 12.8 Å². The number of aromatic hydroxyl groups is 1. The molecule has 8 heteroatoms. The van der Waals surface area contributed by atoms with Crippen LogP contribution in [0.2, 0.25) is 0 Å². The molecule has 0 saturated heterocycles. The summed E-state index contributed by atoms with van der Waals surface area (Å²) in [6.07, 6.45) is 5.21. The van der Waals surface area contributed by atoms with Crippen LogP contribution in [0.1, 0.15) is 25.0 Å². The summed E-state index contributed by atoms with van der Waals surface area (Å²) in [5.74, 6) is -0.166. The highest BCUT2D eigenvalue weighted by Crippen LogP contribution is 2.38. The molecular formula is C24H21FN2O4S. The van der Waals surface area contributed by atoms with E-state index < -0.39 is 26.3 Å². The predicted octanol–water partition coefficient (Wildman–Crippen LogP) is 5.27. The molecule has 0 atom stereocenters. The molecule has 0 saturated carbocycles. The monoisotopic (exact) mass is 452 g/mol. The van der Waals surface area contributed by atoms with Gasteiger partial charge in [0.15, 0.2) is 0 Å². The molecule has 0 fully saturated rings. The summed E-state index contributed by atoms with van der Waals surface area (Å²) in [5.41, 5.74) is 1.48. The molecule has 0 amide bonds. The van der Waals surface area contributed by atoms with Crippen LogP contribution in [-0.4, -0.2) is 25.3 Å². The maximum atomic E-state index is 13.8. The topological polar surface area (TPSA) is 88.0 Å². The van der Waals surface area contributed by atoms with Gasteiger partial charge in [0, 0.05) is 17.5 Å². The predicted molar refractivity (Wildman–Crippen MR) is 123 cm³/mol. The number of sulfonamides is 1. The minimum Gasteiger partial charge on any atom is -0.506 e. The lowest BCUT2D eigenvalue weighted by molar-refractivity contribution is 0.158. The van der Waals surface area contributed by atoms with E-state index in [-0.39, 0.29) is 11.4 Å². The Hall–Kier alpha value is -3.65. The standard InChI is InChI=1S/C24H21FN2O4S/c1-24(2)14-13-19-21(31-24)12-7-16(23(19)28)15-26-17-8-10-18(11-9-17)27-32(29,30)22-6-4-3-5-20(22)25/h3-15,27-28H,1-2H3/b26-15+. The number of rotatable bonds is 5. The summed E-state index contributed by atoms with van der Waals surface area (Å²) in [5, 5.41) is 10.6. The van der Waals surface area contributed by atoms with Gasteiger partial charge < -0.3 is 9.84 Å². The first kappa shape index (κ1) is 21.6. The van der Waals surface area contributed by atoms with Crippen LogP contribution in [0.4, 0.5) is 15.8 Å². The third-order valence-electron chi connectivity index (χ3n) is 4.83. The van der Waals surface area contributed by atoms with Crippen molar-refractivity contribution in [2.24, 2.45) is 4.99 Å². The highest BCUT2D eigenvalue weighted by molar-refractivity contribution is 7.92. The molecule has 1 aliphatic heterocycles. The van der Waals surface area contributed by atoms with Gasteiger partial charge in [-0.3, -0.25) is 9.71 Å². The average Bonchev–Trinajstić information content (AvgIpc) is 2.73. The zero-order valence-corrected chi connectivity index (χ0v) is 18.2. The first-order valence-electron chi connectivity index (χ1n) is 9.80. The van der Waals surface area contributed by atoms with E-state index >= 15 is 0 Å². The zero-order valence-electron chi connectivity index (χ0n) is 17.4. The Morgan fingerprint density at radius 2 is 1.78 bits per heavy atom. The van der Waals surface area contributed by atoms with E-state index in [2.05, 4.69) is 9.71 Å². The summed E-state index contributed by atoms with van der Waals surface area (Å²) in [6, 6.07) is 14.9. The van der Waals surface area contributed by atoms with Crippen molar-refractivity contribution in [3.05, 3.63) is 83.7 Å². The number of nitrogens with one attached hydrogen (secondary N) is 1. The number of anilines is 1. The third-order valence-corrected chi connectivity index (χ3v) is 6.25. The number of aliphatic imine (C=N–C) groups is 1. The number of phenols is 1. The lowest BCUT2D eigenvalue weighted by Gasteiger charge is -2.28. The fourth-order valence-electron chi connectivity index (χ4n) is 3.19. The summed E-state index contributed by atoms with van der Waals surface area (Å²) < 4.78 is 46.8. The van der Waals surface area contributed by atoms with Gasteiger partial charge in [0.25, 0.3) is 10.0 Å². The van der Waals surface area contributed by atoms with Crippen molar-refractivity contribution in [2.75, 3.05) is 4.72 Å². The molecular weight excluding hydrogens is 431 g/mol. The number of ether oxygens (including phenoxy) is 1. The van der Waals surface area contributed by atoms with Crippen LogP contribution in [0.3, 0.4) is 0 Å². The van der Waals surface area contributed by atoms with E-state index in [0.717, 1.165) is 6.07 Å². The highest BCUT2D eigenvalue weighted by atomic mass is 32.2. The van der Waals surface area contributed by atoms with Crippen LogP contribution in [0.25, 0.3) is 6.08 Å². The van der Waals surface area contributed by atoms with Crippen molar-refractivity contribution in [3.63, 3.8) is 0 Å². The molecule has 0 unspecified atom stereocenters. The van der Waals surface area contributed by atoms with Crippen LogP contribution in [-0.2, 0) is 10.0 Å².